The van der Waals surface area contributed by atoms with Crippen LogP contribution in [0.15, 0.2) is 22.7 Å². The quantitative estimate of drug-likeness (QED) is 0.889. The molecule has 2 rings (SSSR count). The van der Waals surface area contributed by atoms with Crippen molar-refractivity contribution < 1.29 is 4.39 Å². The van der Waals surface area contributed by atoms with Gasteiger partial charge in [0, 0.05) is 17.1 Å². The summed E-state index contributed by atoms with van der Waals surface area (Å²) < 4.78 is 14.3. The van der Waals surface area contributed by atoms with Crippen LogP contribution in [0.3, 0.4) is 0 Å². The topological polar surface area (TPSA) is 24.1 Å². The second-order valence-corrected chi connectivity index (χ2v) is 5.40. The van der Waals surface area contributed by atoms with Gasteiger partial charge in [0.15, 0.2) is 0 Å². The molecule has 1 aliphatic rings. The lowest BCUT2D eigenvalue weighted by molar-refractivity contribution is 0.388. The monoisotopic (exact) mass is 300 g/mol. The number of halogens is 2. The Morgan fingerprint density at radius 1 is 1.41 bits per heavy atom. The maximum absolute atomic E-state index is 13.4. The average molecular weight is 301 g/mol. The van der Waals surface area contributed by atoms with Crippen molar-refractivity contribution in [2.75, 3.05) is 18.4 Å². The van der Waals surface area contributed by atoms with Crippen molar-refractivity contribution in [2.24, 2.45) is 0 Å². The highest BCUT2D eigenvalue weighted by molar-refractivity contribution is 9.10. The zero-order valence-corrected chi connectivity index (χ0v) is 11.4. The van der Waals surface area contributed by atoms with Crippen molar-refractivity contribution in [3.63, 3.8) is 0 Å². The minimum atomic E-state index is -0.190. The van der Waals surface area contributed by atoms with Crippen LogP contribution in [-0.4, -0.2) is 19.1 Å². The van der Waals surface area contributed by atoms with Crippen LogP contribution < -0.4 is 10.6 Å². The second kappa shape index (κ2) is 6.36. The second-order valence-electron chi connectivity index (χ2n) is 4.49. The molecule has 2 N–H and O–H groups in total. The van der Waals surface area contributed by atoms with Gasteiger partial charge in [0.1, 0.15) is 5.82 Å². The molecule has 1 fully saturated rings. The molecule has 1 atom stereocenters. The molecule has 1 heterocycles. The molecule has 0 aromatic heterocycles. The normalized spacial score (nSPS) is 20.2. The number of nitrogens with one attached hydrogen (secondary N) is 2. The fraction of sp³-hybridized carbons (Fsp3) is 0.538. The summed E-state index contributed by atoms with van der Waals surface area (Å²) in [5.74, 6) is -0.190. The van der Waals surface area contributed by atoms with Gasteiger partial charge in [-0.05, 0) is 44.0 Å². The van der Waals surface area contributed by atoms with Gasteiger partial charge in [0.2, 0.25) is 0 Å². The molecule has 0 spiro atoms. The molecule has 1 unspecified atom stereocenters. The van der Waals surface area contributed by atoms with Crippen LogP contribution in [0.2, 0.25) is 0 Å². The zero-order chi connectivity index (χ0) is 12.1. The third kappa shape index (κ3) is 3.96. The number of piperidine rings is 1. The van der Waals surface area contributed by atoms with Gasteiger partial charge in [0.05, 0.1) is 5.69 Å². The predicted molar refractivity (Wildman–Crippen MR) is 72.8 cm³/mol. The van der Waals surface area contributed by atoms with Gasteiger partial charge in [-0.15, -0.1) is 0 Å². The first kappa shape index (κ1) is 12.8. The molecule has 2 nitrogen and oxygen atoms in total. The van der Waals surface area contributed by atoms with E-state index in [1.165, 1.54) is 25.3 Å². The van der Waals surface area contributed by atoms with Crippen molar-refractivity contribution in [2.45, 2.75) is 31.7 Å². The van der Waals surface area contributed by atoms with E-state index in [2.05, 4.69) is 26.6 Å². The van der Waals surface area contributed by atoms with Gasteiger partial charge < -0.3 is 10.6 Å². The molecular formula is C13H18BrFN2. The highest BCUT2D eigenvalue weighted by atomic mass is 79.9. The molecule has 4 heteroatoms. The first-order chi connectivity index (χ1) is 8.25. The van der Waals surface area contributed by atoms with Crippen LogP contribution >= 0.6 is 15.9 Å². The van der Waals surface area contributed by atoms with E-state index in [-0.39, 0.29) is 5.82 Å². The Kier molecular flexibility index (Phi) is 4.80. The van der Waals surface area contributed by atoms with Gasteiger partial charge >= 0.3 is 0 Å². The van der Waals surface area contributed by atoms with Crippen LogP contribution in [0.4, 0.5) is 10.1 Å². The molecule has 0 radical (unpaired) electrons. The third-order valence-electron chi connectivity index (χ3n) is 3.15. The average Bonchev–Trinajstić information content (AvgIpc) is 2.35. The van der Waals surface area contributed by atoms with Crippen molar-refractivity contribution in [3.05, 3.63) is 28.5 Å². The summed E-state index contributed by atoms with van der Waals surface area (Å²) in [7, 11) is 0. The number of anilines is 1. The van der Waals surface area contributed by atoms with E-state index < -0.39 is 0 Å². The molecule has 1 aromatic carbocycles. The summed E-state index contributed by atoms with van der Waals surface area (Å²) in [5, 5.41) is 6.64. The van der Waals surface area contributed by atoms with Gasteiger partial charge in [-0.1, -0.05) is 22.4 Å². The molecule has 0 saturated carbocycles. The van der Waals surface area contributed by atoms with Crippen molar-refractivity contribution in [1.29, 1.82) is 0 Å². The maximum Gasteiger partial charge on any atom is 0.146 e. The fourth-order valence-electron chi connectivity index (χ4n) is 2.18. The lowest BCUT2D eigenvalue weighted by atomic mass is 10.0. The number of hydrogen-bond acceptors (Lipinski definition) is 2. The summed E-state index contributed by atoms with van der Waals surface area (Å²) in [4.78, 5) is 0. The van der Waals surface area contributed by atoms with Gasteiger partial charge in [-0.2, -0.15) is 0 Å². The van der Waals surface area contributed by atoms with Crippen LogP contribution in [0.5, 0.6) is 0 Å². The number of rotatable bonds is 4. The molecule has 17 heavy (non-hydrogen) atoms. The SMILES string of the molecule is Fc1ccc(Br)cc1NCCC1CCCCN1. The van der Waals surface area contributed by atoms with Crippen molar-refractivity contribution in [1.82, 2.24) is 5.32 Å². The van der Waals surface area contributed by atoms with Gasteiger partial charge in [-0.25, -0.2) is 4.39 Å². The summed E-state index contributed by atoms with van der Waals surface area (Å²) in [6.07, 6.45) is 4.88. The molecule has 1 saturated heterocycles. The van der Waals surface area contributed by atoms with E-state index >= 15 is 0 Å². The van der Waals surface area contributed by atoms with Crippen LogP contribution in [0.1, 0.15) is 25.7 Å². The van der Waals surface area contributed by atoms with E-state index in [1.54, 1.807) is 12.1 Å². The number of hydrogen-bond donors (Lipinski definition) is 2. The van der Waals surface area contributed by atoms with E-state index in [1.807, 2.05) is 0 Å². The molecule has 1 aromatic rings. The first-order valence-corrected chi connectivity index (χ1v) is 6.97. The zero-order valence-electron chi connectivity index (χ0n) is 9.81. The minimum Gasteiger partial charge on any atom is -0.383 e. The maximum atomic E-state index is 13.4. The molecule has 94 valence electrons. The predicted octanol–water partition coefficient (Wildman–Crippen LogP) is 3.53. The Labute approximate surface area is 110 Å². The van der Waals surface area contributed by atoms with Crippen molar-refractivity contribution >= 4 is 21.6 Å². The Morgan fingerprint density at radius 3 is 3.06 bits per heavy atom. The Bertz CT molecular complexity index is 364. The standard InChI is InChI=1S/C13H18BrFN2/c14-10-4-5-12(15)13(9-10)17-8-6-11-3-1-2-7-16-11/h4-5,9,11,16-17H,1-3,6-8H2. The Hall–Kier alpha value is -0.610. The summed E-state index contributed by atoms with van der Waals surface area (Å²) in [5.41, 5.74) is 0.579. The summed E-state index contributed by atoms with van der Waals surface area (Å²) in [6.45, 7) is 1.93. The van der Waals surface area contributed by atoms with Crippen LogP contribution in [-0.2, 0) is 0 Å². The Balaban J connectivity index is 1.79. The van der Waals surface area contributed by atoms with Crippen molar-refractivity contribution in [3.8, 4) is 0 Å². The molecular weight excluding hydrogens is 283 g/mol. The number of benzene rings is 1. The van der Waals surface area contributed by atoms with Crippen LogP contribution in [0, 0.1) is 5.82 Å². The van der Waals surface area contributed by atoms with E-state index in [4.69, 9.17) is 0 Å². The highest BCUT2D eigenvalue weighted by Gasteiger charge is 2.11. The minimum absolute atomic E-state index is 0.190. The lowest BCUT2D eigenvalue weighted by Crippen LogP contribution is -2.35. The first-order valence-electron chi connectivity index (χ1n) is 6.18. The van der Waals surface area contributed by atoms with Gasteiger partial charge in [-0.3, -0.25) is 0 Å². The Morgan fingerprint density at radius 2 is 2.29 bits per heavy atom. The molecule has 1 aliphatic heterocycles. The van der Waals surface area contributed by atoms with Crippen LogP contribution in [0.25, 0.3) is 0 Å². The van der Waals surface area contributed by atoms with E-state index in [0.717, 1.165) is 24.0 Å². The summed E-state index contributed by atoms with van der Waals surface area (Å²) >= 11 is 3.35. The molecule has 0 aliphatic carbocycles. The van der Waals surface area contributed by atoms with Gasteiger partial charge in [0.25, 0.3) is 0 Å². The third-order valence-corrected chi connectivity index (χ3v) is 3.64. The lowest BCUT2D eigenvalue weighted by Gasteiger charge is -2.23. The largest absolute Gasteiger partial charge is 0.383 e. The van der Waals surface area contributed by atoms with E-state index in [0.29, 0.717) is 11.7 Å². The van der Waals surface area contributed by atoms with E-state index in [9.17, 15) is 4.39 Å². The smallest absolute Gasteiger partial charge is 0.146 e. The fourth-order valence-corrected chi connectivity index (χ4v) is 2.55. The summed E-state index contributed by atoms with van der Waals surface area (Å²) in [6, 6.07) is 5.56. The molecule has 0 bridgehead atoms. The molecule has 0 amide bonds. The highest BCUT2D eigenvalue weighted by Crippen LogP contribution is 2.20.